The van der Waals surface area contributed by atoms with Crippen molar-refractivity contribution in [2.24, 2.45) is 5.73 Å². The largest absolute Gasteiger partial charge is 0.493 e. The summed E-state index contributed by atoms with van der Waals surface area (Å²) in [5.41, 5.74) is 7.66. The first kappa shape index (κ1) is 34.8. The third kappa shape index (κ3) is 13.9. The number of benzene rings is 2. The molecule has 2 aromatic carbocycles. The molecule has 0 amide bonds. The van der Waals surface area contributed by atoms with E-state index in [1.807, 2.05) is 42.5 Å². The Bertz CT molecular complexity index is 914. The van der Waals surface area contributed by atoms with Gasteiger partial charge in [-0.05, 0) is 87.0 Å². The maximum atomic E-state index is 9.22. The quantitative estimate of drug-likeness (QED) is 0.350. The van der Waals surface area contributed by atoms with Gasteiger partial charge in [-0.3, -0.25) is 0 Å². The molecule has 1 aliphatic heterocycles. The number of methoxy groups -OCH3 is 4. The summed E-state index contributed by atoms with van der Waals surface area (Å²) >= 11 is 0. The summed E-state index contributed by atoms with van der Waals surface area (Å²) in [4.78, 5) is 2.72. The Morgan fingerprint density at radius 2 is 1.37 bits per heavy atom. The molecule has 3 N–H and O–H groups in total. The Morgan fingerprint density at radius 1 is 0.780 bits per heavy atom. The van der Waals surface area contributed by atoms with Crippen LogP contribution in [0.3, 0.4) is 0 Å². The molecule has 1 unspecified atom stereocenters. The van der Waals surface area contributed by atoms with Gasteiger partial charge in [-0.1, -0.05) is 37.5 Å². The lowest BCUT2D eigenvalue weighted by atomic mass is 9.94. The summed E-state index contributed by atoms with van der Waals surface area (Å²) in [6, 6.07) is 14.6. The van der Waals surface area contributed by atoms with E-state index in [1.54, 1.807) is 28.4 Å². The first-order valence-corrected chi connectivity index (χ1v) is 15.1. The number of ether oxygens (including phenoxy) is 5. The van der Waals surface area contributed by atoms with Crippen LogP contribution in [-0.2, 0) is 22.3 Å². The Labute approximate surface area is 248 Å². The first-order chi connectivity index (χ1) is 20.0. The maximum Gasteiger partial charge on any atom is 0.160 e. The van der Waals surface area contributed by atoms with E-state index in [9.17, 15) is 5.11 Å². The van der Waals surface area contributed by atoms with Gasteiger partial charge in [0.25, 0.3) is 0 Å². The van der Waals surface area contributed by atoms with Gasteiger partial charge in [0.1, 0.15) is 18.5 Å². The van der Waals surface area contributed by atoms with Gasteiger partial charge >= 0.3 is 0 Å². The lowest BCUT2D eigenvalue weighted by molar-refractivity contribution is 0.114. The molecule has 0 radical (unpaired) electrons. The molecule has 8 nitrogen and oxygen atoms in total. The average Bonchev–Trinajstić information content (AvgIpc) is 3.58. The van der Waals surface area contributed by atoms with E-state index in [1.165, 1.54) is 69.2 Å². The zero-order chi connectivity index (χ0) is 29.7. The molecule has 232 valence electrons. The lowest BCUT2D eigenvalue weighted by Crippen LogP contribution is -2.34. The second kappa shape index (κ2) is 21.4. The number of hydrogen-bond donors (Lipinski definition) is 2. The van der Waals surface area contributed by atoms with Gasteiger partial charge in [0.05, 0.1) is 27.4 Å². The van der Waals surface area contributed by atoms with Crippen LogP contribution in [0.15, 0.2) is 42.5 Å². The van der Waals surface area contributed by atoms with Crippen LogP contribution in [-0.4, -0.2) is 90.0 Å². The molecule has 1 aliphatic carbocycles. The lowest BCUT2D eigenvalue weighted by Gasteiger charge is -2.30. The normalized spacial score (nSPS) is 16.1. The molecule has 0 bridgehead atoms. The molecule has 8 heteroatoms. The van der Waals surface area contributed by atoms with Crippen molar-refractivity contribution in [3.8, 4) is 17.2 Å². The first-order valence-electron chi connectivity index (χ1n) is 15.1. The second-order valence-electron chi connectivity index (χ2n) is 10.6. The van der Waals surface area contributed by atoms with Gasteiger partial charge in [-0.15, -0.1) is 0 Å². The zero-order valence-corrected chi connectivity index (χ0v) is 25.8. The monoisotopic (exact) mass is 574 g/mol. The number of aliphatic hydroxyl groups is 1. The van der Waals surface area contributed by atoms with Crippen molar-refractivity contribution >= 4 is 0 Å². The maximum absolute atomic E-state index is 9.22. The Morgan fingerprint density at radius 3 is 1.93 bits per heavy atom. The van der Waals surface area contributed by atoms with Crippen LogP contribution in [0.1, 0.15) is 56.1 Å². The Hall–Kier alpha value is -2.36. The number of likely N-dealkylation sites (tertiary alicyclic amines) is 1. The molecular formula is C33H54N2O6. The van der Waals surface area contributed by atoms with Crippen molar-refractivity contribution < 1.29 is 28.8 Å². The fourth-order valence-electron chi connectivity index (χ4n) is 5.04. The standard InChI is InChI=1S/C12H19NO3.C11H16O3.C10H19N/c1-15-7-6-10-2-4-12(5-3-10)16-9-11(14)8-13;1-12-7-6-9-4-5-10(13-2)11(8-9)14-3;1-2-6-10(7-3-1)11-8-4-5-9-11/h2-5,11,14H,6-9,13H2,1H3;4-5,8H,6-7H2,1-3H3;10H,1-9H2. The van der Waals surface area contributed by atoms with Crippen LogP contribution in [0.25, 0.3) is 0 Å². The van der Waals surface area contributed by atoms with E-state index in [2.05, 4.69) is 4.90 Å². The van der Waals surface area contributed by atoms with E-state index in [4.69, 9.17) is 29.4 Å². The van der Waals surface area contributed by atoms with Gasteiger partial charge in [0.15, 0.2) is 11.5 Å². The van der Waals surface area contributed by atoms with Crippen molar-refractivity contribution in [1.82, 2.24) is 4.90 Å². The van der Waals surface area contributed by atoms with Crippen LogP contribution in [0.5, 0.6) is 17.2 Å². The minimum Gasteiger partial charge on any atom is -0.493 e. The van der Waals surface area contributed by atoms with E-state index >= 15 is 0 Å². The SMILES string of the molecule is C1CCC(N2CCCC2)CC1.COCCc1ccc(OC)c(OC)c1.COCCc1ccc(OCC(O)CN)cc1. The van der Waals surface area contributed by atoms with Crippen molar-refractivity contribution in [2.45, 2.75) is 69.9 Å². The Balaban J connectivity index is 0.000000218. The minimum atomic E-state index is -0.604. The topological polar surface area (TPSA) is 95.6 Å². The van der Waals surface area contributed by atoms with E-state index in [0.29, 0.717) is 6.61 Å². The van der Waals surface area contributed by atoms with Crippen molar-refractivity contribution in [3.63, 3.8) is 0 Å². The number of hydrogen-bond acceptors (Lipinski definition) is 8. The summed E-state index contributed by atoms with van der Waals surface area (Å²) in [6.45, 7) is 4.66. The van der Waals surface area contributed by atoms with Crippen LogP contribution in [0.2, 0.25) is 0 Å². The van der Waals surface area contributed by atoms with Crippen molar-refractivity contribution in [3.05, 3.63) is 53.6 Å². The summed E-state index contributed by atoms with van der Waals surface area (Å²) < 4.78 is 25.7. The van der Waals surface area contributed by atoms with Crippen LogP contribution in [0, 0.1) is 0 Å². The summed E-state index contributed by atoms with van der Waals surface area (Å²) in [7, 11) is 6.65. The van der Waals surface area contributed by atoms with E-state index in [-0.39, 0.29) is 13.2 Å². The molecule has 41 heavy (non-hydrogen) atoms. The van der Waals surface area contributed by atoms with Crippen LogP contribution in [0.4, 0.5) is 0 Å². The Kier molecular flexibility index (Phi) is 18.1. The molecule has 1 saturated carbocycles. The molecule has 0 spiro atoms. The number of nitrogens with two attached hydrogens (primary N) is 1. The fraction of sp³-hybridized carbons (Fsp3) is 0.636. The molecule has 1 atom stereocenters. The number of aliphatic hydroxyl groups excluding tert-OH is 1. The van der Waals surface area contributed by atoms with Gasteiger partial charge in [0.2, 0.25) is 0 Å². The molecule has 1 heterocycles. The average molecular weight is 575 g/mol. The highest BCUT2D eigenvalue weighted by Crippen LogP contribution is 2.28. The molecular weight excluding hydrogens is 520 g/mol. The number of nitrogens with zero attached hydrogens (tertiary/aromatic N) is 1. The van der Waals surface area contributed by atoms with Gasteiger partial charge in [0, 0.05) is 26.8 Å². The highest BCUT2D eigenvalue weighted by atomic mass is 16.5. The van der Waals surface area contributed by atoms with Crippen molar-refractivity contribution in [2.75, 3.05) is 67.9 Å². The van der Waals surface area contributed by atoms with Crippen LogP contribution >= 0.6 is 0 Å². The molecule has 2 aromatic rings. The smallest absolute Gasteiger partial charge is 0.160 e. The summed E-state index contributed by atoms with van der Waals surface area (Å²) in [5.74, 6) is 2.27. The highest BCUT2D eigenvalue weighted by molar-refractivity contribution is 5.42. The summed E-state index contributed by atoms with van der Waals surface area (Å²) in [5, 5.41) is 9.22. The van der Waals surface area contributed by atoms with Gasteiger partial charge in [-0.25, -0.2) is 0 Å². The van der Waals surface area contributed by atoms with Gasteiger partial charge < -0.3 is 39.4 Å². The minimum absolute atomic E-state index is 0.214. The highest BCUT2D eigenvalue weighted by Gasteiger charge is 2.22. The molecule has 2 fully saturated rings. The molecule has 4 rings (SSSR count). The van der Waals surface area contributed by atoms with E-state index < -0.39 is 6.10 Å². The fourth-order valence-corrected chi connectivity index (χ4v) is 5.04. The molecule has 2 aliphatic rings. The third-order valence-corrected chi connectivity index (χ3v) is 7.51. The number of rotatable bonds is 13. The third-order valence-electron chi connectivity index (χ3n) is 7.51. The van der Waals surface area contributed by atoms with E-state index in [0.717, 1.165) is 42.7 Å². The molecule has 1 saturated heterocycles. The second-order valence-corrected chi connectivity index (χ2v) is 10.6. The molecule has 0 aromatic heterocycles. The van der Waals surface area contributed by atoms with Crippen molar-refractivity contribution in [1.29, 1.82) is 0 Å². The summed E-state index contributed by atoms with van der Waals surface area (Å²) in [6.07, 6.45) is 11.5. The predicted octanol–water partition coefficient (Wildman–Crippen LogP) is 4.88. The predicted molar refractivity (Wildman–Crippen MR) is 165 cm³/mol. The zero-order valence-electron chi connectivity index (χ0n) is 25.8. The van der Waals surface area contributed by atoms with Gasteiger partial charge in [-0.2, -0.15) is 0 Å². The van der Waals surface area contributed by atoms with Crippen LogP contribution < -0.4 is 19.9 Å².